The third-order valence-corrected chi connectivity index (χ3v) is 13.1. The first kappa shape index (κ1) is 34.6. The third kappa shape index (κ3) is 5.30. The number of rotatable bonds is 5. The summed E-state index contributed by atoms with van der Waals surface area (Å²) in [5.74, 6) is 0. The number of aromatic nitrogens is 2. The molecule has 62 heavy (non-hydrogen) atoms. The van der Waals surface area contributed by atoms with E-state index < -0.39 is 0 Å². The Morgan fingerprint density at radius 3 is 0.855 bits per heavy atom. The Morgan fingerprint density at radius 1 is 0.177 bits per heavy atom. The topological polar surface area (TPSA) is 9.86 Å². The molecule has 0 atom stereocenters. The normalized spacial score (nSPS) is 11.9. The zero-order valence-corrected chi connectivity index (χ0v) is 33.8. The molecule has 0 aliphatic rings. The molecule has 13 rings (SSSR count). The summed E-state index contributed by atoms with van der Waals surface area (Å²) in [5, 5.41) is 12.7. The summed E-state index contributed by atoms with van der Waals surface area (Å²) in [6, 6.07) is 84.8. The maximum absolute atomic E-state index is 2.41. The summed E-state index contributed by atoms with van der Waals surface area (Å²) in [6.45, 7) is 0. The SMILES string of the molecule is c1cc(-c2cccc(-n3c4ccccc4c4ccccc43)c2)cc(-c2ccc3c4ccccc4c4ccc(-c5cccc(-n6c7ccccc7c7ccccc76)c5)cc4c3c2)c1. The van der Waals surface area contributed by atoms with Crippen LogP contribution in [-0.4, -0.2) is 9.13 Å². The van der Waals surface area contributed by atoms with Gasteiger partial charge in [0, 0.05) is 32.9 Å². The first-order valence-electron chi connectivity index (χ1n) is 21.4. The zero-order chi connectivity index (χ0) is 40.7. The van der Waals surface area contributed by atoms with Gasteiger partial charge in [0.1, 0.15) is 0 Å². The Morgan fingerprint density at radius 2 is 0.468 bits per heavy atom. The smallest absolute Gasteiger partial charge is 0.0541 e. The molecule has 2 heterocycles. The summed E-state index contributed by atoms with van der Waals surface area (Å²) in [4.78, 5) is 0. The van der Waals surface area contributed by atoms with Crippen LogP contribution in [0.4, 0.5) is 0 Å². The lowest BCUT2D eigenvalue weighted by Gasteiger charge is -2.15. The van der Waals surface area contributed by atoms with E-state index in [2.05, 4.69) is 240 Å². The molecular formula is C60H38N2. The summed E-state index contributed by atoms with van der Waals surface area (Å²) in [7, 11) is 0. The van der Waals surface area contributed by atoms with Crippen molar-refractivity contribution in [3.05, 3.63) is 231 Å². The van der Waals surface area contributed by atoms with Gasteiger partial charge < -0.3 is 9.13 Å². The van der Waals surface area contributed by atoms with E-state index in [-0.39, 0.29) is 0 Å². The van der Waals surface area contributed by atoms with Gasteiger partial charge in [0.05, 0.1) is 22.1 Å². The number of nitrogens with zero attached hydrogens (tertiary/aromatic N) is 2. The average Bonchev–Trinajstić information content (AvgIpc) is 3.87. The van der Waals surface area contributed by atoms with Crippen LogP contribution >= 0.6 is 0 Å². The minimum absolute atomic E-state index is 1.16. The predicted molar refractivity (Wildman–Crippen MR) is 264 cm³/mol. The number of fused-ring (bicyclic) bond motifs is 12. The van der Waals surface area contributed by atoms with Crippen molar-refractivity contribution in [1.82, 2.24) is 9.13 Å². The van der Waals surface area contributed by atoms with Crippen LogP contribution < -0.4 is 0 Å². The fourth-order valence-electron chi connectivity index (χ4n) is 10.2. The zero-order valence-electron chi connectivity index (χ0n) is 33.8. The molecule has 0 bridgehead atoms. The van der Waals surface area contributed by atoms with E-state index in [0.717, 1.165) is 11.4 Å². The highest BCUT2D eigenvalue weighted by molar-refractivity contribution is 6.26. The molecule has 0 N–H and O–H groups in total. The minimum Gasteiger partial charge on any atom is -0.309 e. The molecule has 0 aliphatic carbocycles. The molecule has 0 saturated heterocycles. The Kier molecular flexibility index (Phi) is 7.64. The van der Waals surface area contributed by atoms with E-state index in [4.69, 9.17) is 0 Å². The minimum atomic E-state index is 1.16. The van der Waals surface area contributed by atoms with Crippen LogP contribution in [0.25, 0.3) is 121 Å². The lowest BCUT2D eigenvalue weighted by molar-refractivity contribution is 1.18. The molecule has 13 aromatic rings. The first-order chi connectivity index (χ1) is 30.7. The highest BCUT2D eigenvalue weighted by Crippen LogP contribution is 2.41. The van der Waals surface area contributed by atoms with E-state index in [1.54, 1.807) is 0 Å². The van der Waals surface area contributed by atoms with Gasteiger partial charge in [0.15, 0.2) is 0 Å². The Hall–Kier alpha value is -8.20. The largest absolute Gasteiger partial charge is 0.309 e. The van der Waals surface area contributed by atoms with Crippen LogP contribution in [0.5, 0.6) is 0 Å². The van der Waals surface area contributed by atoms with Crippen LogP contribution in [0.15, 0.2) is 231 Å². The summed E-state index contributed by atoms with van der Waals surface area (Å²) >= 11 is 0. The third-order valence-electron chi connectivity index (χ3n) is 13.1. The van der Waals surface area contributed by atoms with Gasteiger partial charge in [-0.1, -0.05) is 164 Å². The second kappa shape index (κ2) is 13.7. The maximum Gasteiger partial charge on any atom is 0.0541 e. The number of benzene rings is 11. The highest BCUT2D eigenvalue weighted by Gasteiger charge is 2.16. The number of para-hydroxylation sites is 4. The monoisotopic (exact) mass is 786 g/mol. The van der Waals surface area contributed by atoms with Crippen LogP contribution in [0.2, 0.25) is 0 Å². The lowest BCUT2D eigenvalue weighted by atomic mass is 9.90. The molecule has 11 aromatic carbocycles. The van der Waals surface area contributed by atoms with Crippen molar-refractivity contribution in [3.63, 3.8) is 0 Å². The molecule has 2 heteroatoms. The molecule has 0 radical (unpaired) electrons. The molecule has 0 spiro atoms. The van der Waals surface area contributed by atoms with Gasteiger partial charge in [-0.15, -0.1) is 0 Å². The quantitative estimate of drug-likeness (QED) is 0.154. The van der Waals surface area contributed by atoms with Gasteiger partial charge in [0.25, 0.3) is 0 Å². The van der Waals surface area contributed by atoms with Crippen molar-refractivity contribution in [2.75, 3.05) is 0 Å². The first-order valence-corrected chi connectivity index (χ1v) is 21.4. The van der Waals surface area contributed by atoms with E-state index in [1.807, 2.05) is 0 Å². The molecule has 0 unspecified atom stereocenters. The molecule has 0 fully saturated rings. The molecule has 0 amide bonds. The van der Waals surface area contributed by atoms with Crippen molar-refractivity contribution < 1.29 is 0 Å². The average molecular weight is 787 g/mol. The molecule has 288 valence electrons. The summed E-state index contributed by atoms with van der Waals surface area (Å²) in [5.41, 5.74) is 14.4. The molecule has 2 nitrogen and oxygen atoms in total. The van der Waals surface area contributed by atoms with Gasteiger partial charge in [-0.3, -0.25) is 0 Å². The van der Waals surface area contributed by atoms with Crippen molar-refractivity contribution in [2.24, 2.45) is 0 Å². The lowest BCUT2D eigenvalue weighted by Crippen LogP contribution is -1.94. The fourth-order valence-corrected chi connectivity index (χ4v) is 10.2. The van der Waals surface area contributed by atoms with Crippen LogP contribution in [-0.2, 0) is 0 Å². The van der Waals surface area contributed by atoms with E-state index in [9.17, 15) is 0 Å². The fraction of sp³-hybridized carbons (Fsp3) is 0. The molecular weight excluding hydrogens is 749 g/mol. The van der Waals surface area contributed by atoms with Gasteiger partial charge in [-0.05, 0) is 132 Å². The highest BCUT2D eigenvalue weighted by atomic mass is 15.0. The van der Waals surface area contributed by atoms with Gasteiger partial charge in [0.2, 0.25) is 0 Å². The second-order valence-corrected chi connectivity index (χ2v) is 16.5. The van der Waals surface area contributed by atoms with Crippen LogP contribution in [0, 0.1) is 0 Å². The van der Waals surface area contributed by atoms with Gasteiger partial charge >= 0.3 is 0 Å². The van der Waals surface area contributed by atoms with Gasteiger partial charge in [-0.2, -0.15) is 0 Å². The van der Waals surface area contributed by atoms with E-state index in [1.165, 1.54) is 109 Å². The van der Waals surface area contributed by atoms with Crippen molar-refractivity contribution in [3.8, 4) is 44.8 Å². The van der Waals surface area contributed by atoms with E-state index >= 15 is 0 Å². The second-order valence-electron chi connectivity index (χ2n) is 16.5. The molecule has 2 aromatic heterocycles. The molecule has 0 saturated carbocycles. The number of hydrogen-bond acceptors (Lipinski definition) is 0. The number of hydrogen-bond donors (Lipinski definition) is 0. The van der Waals surface area contributed by atoms with Crippen molar-refractivity contribution in [2.45, 2.75) is 0 Å². The Balaban J connectivity index is 0.940. The van der Waals surface area contributed by atoms with Crippen LogP contribution in [0.1, 0.15) is 0 Å². The van der Waals surface area contributed by atoms with Crippen LogP contribution in [0.3, 0.4) is 0 Å². The standard InChI is InChI=1S/C60H38N2/c1-2-21-48-47(20-1)49-32-30-43(40-15-11-14-39(34-40)41-16-12-18-45(35-41)61-57-26-7-3-22-51(57)52-23-4-8-27-58(52)61)37-55(49)56-38-44(31-33-50(48)56)42-17-13-19-46(36-42)62-59-28-9-5-24-53(59)54-25-6-10-29-60(54)62/h1-38H. The summed E-state index contributed by atoms with van der Waals surface area (Å²) in [6.07, 6.45) is 0. The Labute approximate surface area is 358 Å². The maximum atomic E-state index is 2.41. The van der Waals surface area contributed by atoms with Crippen molar-refractivity contribution in [1.29, 1.82) is 0 Å². The van der Waals surface area contributed by atoms with Gasteiger partial charge in [-0.25, -0.2) is 0 Å². The summed E-state index contributed by atoms with van der Waals surface area (Å²) < 4.78 is 4.80. The van der Waals surface area contributed by atoms with Crippen molar-refractivity contribution >= 4 is 75.9 Å². The Bertz CT molecular complexity index is 3830. The van der Waals surface area contributed by atoms with E-state index in [0.29, 0.717) is 0 Å². The molecule has 0 aliphatic heterocycles. The predicted octanol–water partition coefficient (Wildman–Crippen LogP) is 16.3.